The lowest BCUT2D eigenvalue weighted by Crippen LogP contribution is -2.25. The number of carbonyl (C=O) groups excluding carboxylic acids is 1. The van der Waals surface area contributed by atoms with Crippen molar-refractivity contribution in [2.75, 3.05) is 26.0 Å². The number of carbonyl (C=O) groups is 1. The fourth-order valence-electron chi connectivity index (χ4n) is 1.34. The summed E-state index contributed by atoms with van der Waals surface area (Å²) in [5, 5.41) is 3.23. The van der Waals surface area contributed by atoms with Gasteiger partial charge < -0.3 is 16.0 Å². The Labute approximate surface area is 96.4 Å². The zero-order chi connectivity index (χ0) is 12.1. The zero-order valence-corrected chi connectivity index (χ0v) is 10.0. The number of rotatable bonds is 4. The van der Waals surface area contributed by atoms with Crippen LogP contribution in [0.3, 0.4) is 0 Å². The van der Waals surface area contributed by atoms with Crippen molar-refractivity contribution < 1.29 is 4.79 Å². The van der Waals surface area contributed by atoms with E-state index < -0.39 is 0 Å². The van der Waals surface area contributed by atoms with Gasteiger partial charge in [-0.15, -0.1) is 0 Å². The van der Waals surface area contributed by atoms with Crippen molar-refractivity contribution in [3.63, 3.8) is 0 Å². The van der Waals surface area contributed by atoms with Crippen molar-refractivity contribution in [3.05, 3.63) is 29.8 Å². The summed E-state index contributed by atoms with van der Waals surface area (Å²) in [6.07, 6.45) is 0. The SMILES string of the molecule is CC(CN)Nc1cccc(C(=O)N(C)C)c1. The molecule has 3 N–H and O–H groups in total. The maximum atomic E-state index is 11.7. The summed E-state index contributed by atoms with van der Waals surface area (Å²) in [6, 6.07) is 7.64. The Morgan fingerprint density at radius 1 is 1.50 bits per heavy atom. The van der Waals surface area contributed by atoms with E-state index in [-0.39, 0.29) is 11.9 Å². The minimum absolute atomic E-state index is 0.00375. The van der Waals surface area contributed by atoms with Crippen molar-refractivity contribution in [3.8, 4) is 0 Å². The number of amides is 1. The van der Waals surface area contributed by atoms with Gasteiger partial charge in [-0.05, 0) is 25.1 Å². The highest BCUT2D eigenvalue weighted by atomic mass is 16.2. The first-order chi connectivity index (χ1) is 7.54. The summed E-state index contributed by atoms with van der Waals surface area (Å²) < 4.78 is 0. The first kappa shape index (κ1) is 12.5. The van der Waals surface area contributed by atoms with Gasteiger partial charge in [-0.25, -0.2) is 0 Å². The van der Waals surface area contributed by atoms with Crippen LogP contribution >= 0.6 is 0 Å². The first-order valence-corrected chi connectivity index (χ1v) is 5.33. The number of nitrogens with one attached hydrogen (secondary N) is 1. The highest BCUT2D eigenvalue weighted by Crippen LogP contribution is 2.12. The molecular weight excluding hydrogens is 202 g/mol. The Hall–Kier alpha value is -1.55. The number of hydrogen-bond acceptors (Lipinski definition) is 3. The normalized spacial score (nSPS) is 12.0. The van der Waals surface area contributed by atoms with Gasteiger partial charge in [0, 0.05) is 37.9 Å². The molecule has 0 radical (unpaired) electrons. The van der Waals surface area contributed by atoms with Crippen LogP contribution in [0.5, 0.6) is 0 Å². The van der Waals surface area contributed by atoms with Gasteiger partial charge in [-0.2, -0.15) is 0 Å². The van der Waals surface area contributed by atoms with Gasteiger partial charge in [-0.3, -0.25) is 4.79 Å². The molecule has 0 saturated carbocycles. The standard InChI is InChI=1S/C12H19N3O/c1-9(8-13)14-11-6-4-5-10(7-11)12(16)15(2)3/h4-7,9,14H,8,13H2,1-3H3. The average Bonchev–Trinajstić information content (AvgIpc) is 2.28. The van der Waals surface area contributed by atoms with Crippen LogP contribution in [-0.4, -0.2) is 37.5 Å². The molecule has 0 aliphatic rings. The first-order valence-electron chi connectivity index (χ1n) is 5.33. The predicted octanol–water partition coefficient (Wildman–Crippen LogP) is 1.15. The molecule has 0 bridgehead atoms. The lowest BCUT2D eigenvalue weighted by Gasteiger charge is -2.15. The largest absolute Gasteiger partial charge is 0.381 e. The Kier molecular flexibility index (Phi) is 4.31. The summed E-state index contributed by atoms with van der Waals surface area (Å²) >= 11 is 0. The number of nitrogens with two attached hydrogens (primary N) is 1. The summed E-state index contributed by atoms with van der Waals surface area (Å²) in [6.45, 7) is 2.56. The highest BCUT2D eigenvalue weighted by molar-refractivity contribution is 5.94. The molecule has 1 unspecified atom stereocenters. The molecule has 4 heteroatoms. The van der Waals surface area contributed by atoms with E-state index in [4.69, 9.17) is 5.73 Å². The van der Waals surface area contributed by atoms with Crippen LogP contribution in [0, 0.1) is 0 Å². The molecule has 4 nitrogen and oxygen atoms in total. The van der Waals surface area contributed by atoms with Crippen LogP contribution in [0.4, 0.5) is 5.69 Å². The van der Waals surface area contributed by atoms with E-state index in [1.165, 1.54) is 0 Å². The molecule has 0 saturated heterocycles. The molecule has 1 rings (SSSR count). The van der Waals surface area contributed by atoms with E-state index in [2.05, 4.69) is 5.32 Å². The second-order valence-electron chi connectivity index (χ2n) is 4.06. The molecule has 1 aromatic rings. The van der Waals surface area contributed by atoms with Gasteiger partial charge in [0.15, 0.2) is 0 Å². The topological polar surface area (TPSA) is 58.4 Å². The molecule has 1 atom stereocenters. The summed E-state index contributed by atoms with van der Waals surface area (Å²) in [5.74, 6) is 0.00375. The Bertz CT molecular complexity index is 363. The van der Waals surface area contributed by atoms with Gasteiger partial charge in [0.25, 0.3) is 5.91 Å². The third-order valence-corrected chi connectivity index (χ3v) is 2.28. The van der Waals surface area contributed by atoms with Crippen LogP contribution < -0.4 is 11.1 Å². The number of nitrogens with zero attached hydrogens (tertiary/aromatic N) is 1. The summed E-state index contributed by atoms with van der Waals surface area (Å²) in [7, 11) is 3.48. The number of benzene rings is 1. The molecule has 0 aliphatic carbocycles. The van der Waals surface area contributed by atoms with Crippen LogP contribution in [0.1, 0.15) is 17.3 Å². The third kappa shape index (κ3) is 3.24. The van der Waals surface area contributed by atoms with Gasteiger partial charge in [0.05, 0.1) is 0 Å². The molecule has 88 valence electrons. The zero-order valence-electron chi connectivity index (χ0n) is 10.0. The average molecular weight is 221 g/mol. The quantitative estimate of drug-likeness (QED) is 0.801. The van der Waals surface area contributed by atoms with Gasteiger partial charge >= 0.3 is 0 Å². The van der Waals surface area contributed by atoms with Crippen molar-refractivity contribution in [2.45, 2.75) is 13.0 Å². The van der Waals surface area contributed by atoms with E-state index in [1.807, 2.05) is 25.1 Å². The molecule has 0 aliphatic heterocycles. The fraction of sp³-hybridized carbons (Fsp3) is 0.417. The van der Waals surface area contributed by atoms with E-state index in [0.29, 0.717) is 12.1 Å². The predicted molar refractivity (Wildman–Crippen MR) is 66.6 cm³/mol. The van der Waals surface area contributed by atoms with E-state index >= 15 is 0 Å². The van der Waals surface area contributed by atoms with Crippen LogP contribution in [0.25, 0.3) is 0 Å². The molecule has 0 spiro atoms. The van der Waals surface area contributed by atoms with Crippen LogP contribution in [0.15, 0.2) is 24.3 Å². The lowest BCUT2D eigenvalue weighted by atomic mass is 10.1. The molecule has 1 amide bonds. The lowest BCUT2D eigenvalue weighted by molar-refractivity contribution is 0.0827. The Morgan fingerprint density at radius 2 is 2.19 bits per heavy atom. The van der Waals surface area contributed by atoms with Gasteiger partial charge in [0.1, 0.15) is 0 Å². The summed E-state index contributed by atoms with van der Waals surface area (Å²) in [5.41, 5.74) is 7.13. The molecule has 0 fully saturated rings. The smallest absolute Gasteiger partial charge is 0.253 e. The summed E-state index contributed by atoms with van der Waals surface area (Å²) in [4.78, 5) is 13.3. The maximum absolute atomic E-state index is 11.7. The van der Waals surface area contributed by atoms with E-state index in [9.17, 15) is 4.79 Å². The van der Waals surface area contributed by atoms with Gasteiger partial charge in [0.2, 0.25) is 0 Å². The number of anilines is 1. The van der Waals surface area contributed by atoms with Crippen molar-refractivity contribution in [2.24, 2.45) is 5.73 Å². The van der Waals surface area contributed by atoms with Crippen molar-refractivity contribution in [1.82, 2.24) is 4.90 Å². The molecule has 1 aromatic carbocycles. The molecule has 0 aromatic heterocycles. The highest BCUT2D eigenvalue weighted by Gasteiger charge is 2.08. The Balaban J connectivity index is 2.83. The molecule has 0 heterocycles. The van der Waals surface area contributed by atoms with Crippen molar-refractivity contribution in [1.29, 1.82) is 0 Å². The Morgan fingerprint density at radius 3 is 2.75 bits per heavy atom. The van der Waals surface area contributed by atoms with E-state index in [1.54, 1.807) is 25.1 Å². The maximum Gasteiger partial charge on any atom is 0.253 e. The molecule has 16 heavy (non-hydrogen) atoms. The number of hydrogen-bond donors (Lipinski definition) is 2. The van der Waals surface area contributed by atoms with E-state index in [0.717, 1.165) is 5.69 Å². The minimum atomic E-state index is 0.00375. The monoisotopic (exact) mass is 221 g/mol. The molecular formula is C12H19N3O. The van der Waals surface area contributed by atoms with Crippen LogP contribution in [0.2, 0.25) is 0 Å². The van der Waals surface area contributed by atoms with Crippen LogP contribution in [-0.2, 0) is 0 Å². The minimum Gasteiger partial charge on any atom is -0.381 e. The van der Waals surface area contributed by atoms with Crippen molar-refractivity contribution >= 4 is 11.6 Å². The second kappa shape index (κ2) is 5.51. The third-order valence-electron chi connectivity index (χ3n) is 2.28. The van der Waals surface area contributed by atoms with Gasteiger partial charge in [-0.1, -0.05) is 6.07 Å². The fourth-order valence-corrected chi connectivity index (χ4v) is 1.34. The second-order valence-corrected chi connectivity index (χ2v) is 4.06.